The quantitative estimate of drug-likeness (QED) is 0.672. The Morgan fingerprint density at radius 1 is 1.33 bits per heavy atom. The molecule has 0 bridgehead atoms. The summed E-state index contributed by atoms with van der Waals surface area (Å²) in [5.41, 5.74) is 0. The van der Waals surface area contributed by atoms with Crippen molar-refractivity contribution >= 4 is 5.97 Å². The molecule has 1 N–H and O–H groups in total. The van der Waals surface area contributed by atoms with Crippen LogP contribution in [0.15, 0.2) is 0 Å². The van der Waals surface area contributed by atoms with E-state index in [0.717, 1.165) is 6.54 Å². The van der Waals surface area contributed by atoms with Gasteiger partial charge in [-0.3, -0.25) is 9.69 Å². The number of carbonyl (C=O) groups excluding carboxylic acids is 1. The van der Waals surface area contributed by atoms with Crippen LogP contribution in [0.2, 0.25) is 0 Å². The molecule has 1 aliphatic carbocycles. The number of esters is 1. The third-order valence-electron chi connectivity index (χ3n) is 3.60. The van der Waals surface area contributed by atoms with Crippen LogP contribution < -0.4 is 5.32 Å². The first kappa shape index (κ1) is 10.9. The van der Waals surface area contributed by atoms with E-state index in [1.54, 1.807) is 0 Å². The molecule has 0 aromatic rings. The van der Waals surface area contributed by atoms with E-state index in [4.69, 9.17) is 4.74 Å². The molecule has 86 valence electrons. The lowest BCUT2D eigenvalue weighted by Gasteiger charge is -2.37. The normalized spacial score (nSPS) is 33.8. The lowest BCUT2D eigenvalue weighted by molar-refractivity contribution is -0.152. The van der Waals surface area contributed by atoms with E-state index >= 15 is 0 Å². The van der Waals surface area contributed by atoms with Gasteiger partial charge in [0.2, 0.25) is 0 Å². The summed E-state index contributed by atoms with van der Waals surface area (Å²) in [6, 6.07) is 1.28. The summed E-state index contributed by atoms with van der Waals surface area (Å²) < 4.78 is 4.95. The van der Waals surface area contributed by atoms with Crippen molar-refractivity contribution in [3.05, 3.63) is 0 Å². The number of morpholine rings is 1. The highest BCUT2D eigenvalue weighted by atomic mass is 16.5. The number of nitrogens with one attached hydrogen (secondary N) is 1. The van der Waals surface area contributed by atoms with Gasteiger partial charge in [0.15, 0.2) is 0 Å². The molecule has 0 amide bonds. The summed E-state index contributed by atoms with van der Waals surface area (Å²) in [4.78, 5) is 13.4. The number of hydrogen-bond acceptors (Lipinski definition) is 4. The van der Waals surface area contributed by atoms with Crippen LogP contribution in [-0.2, 0) is 9.53 Å². The van der Waals surface area contributed by atoms with Gasteiger partial charge >= 0.3 is 5.97 Å². The van der Waals surface area contributed by atoms with Gasteiger partial charge in [-0.2, -0.15) is 0 Å². The highest BCUT2D eigenvalue weighted by Crippen LogP contribution is 2.23. The Morgan fingerprint density at radius 2 is 2.07 bits per heavy atom. The van der Waals surface area contributed by atoms with E-state index < -0.39 is 0 Å². The van der Waals surface area contributed by atoms with Gasteiger partial charge in [-0.05, 0) is 32.7 Å². The highest BCUT2D eigenvalue weighted by molar-refractivity contribution is 5.72. The second kappa shape index (κ2) is 4.94. The first-order chi connectivity index (χ1) is 7.29. The molecule has 4 nitrogen and oxygen atoms in total. The zero-order valence-corrected chi connectivity index (χ0v) is 9.37. The van der Waals surface area contributed by atoms with Gasteiger partial charge in [0.25, 0.3) is 0 Å². The van der Waals surface area contributed by atoms with Crippen LogP contribution in [0.1, 0.15) is 25.7 Å². The molecule has 1 heterocycles. The lowest BCUT2D eigenvalue weighted by atomic mass is 9.90. The average Bonchev–Trinajstić information content (AvgIpc) is 2.29. The number of carbonyl (C=O) groups is 1. The minimum atomic E-state index is -0.0583. The van der Waals surface area contributed by atoms with Gasteiger partial charge in [0.05, 0.1) is 6.54 Å². The summed E-state index contributed by atoms with van der Waals surface area (Å²) in [5.74, 6) is -0.0583. The Balaban J connectivity index is 1.81. The summed E-state index contributed by atoms with van der Waals surface area (Å²) in [6.45, 7) is 1.99. The summed E-state index contributed by atoms with van der Waals surface area (Å²) in [6.07, 6.45) is 4.87. The van der Waals surface area contributed by atoms with Gasteiger partial charge < -0.3 is 10.1 Å². The molecule has 0 aromatic carbocycles. The minimum Gasteiger partial charge on any atom is -0.463 e. The van der Waals surface area contributed by atoms with Crippen LogP contribution in [0.4, 0.5) is 0 Å². The van der Waals surface area contributed by atoms with Crippen LogP contribution in [0, 0.1) is 0 Å². The predicted molar refractivity (Wildman–Crippen MR) is 57.6 cm³/mol. The van der Waals surface area contributed by atoms with Crippen molar-refractivity contribution in [1.29, 1.82) is 0 Å². The maximum Gasteiger partial charge on any atom is 0.320 e. The third kappa shape index (κ3) is 2.69. The molecule has 2 fully saturated rings. The molecule has 1 saturated carbocycles. The van der Waals surface area contributed by atoms with E-state index in [1.165, 1.54) is 25.7 Å². The molecule has 4 heteroatoms. The number of rotatable bonds is 2. The molecule has 1 aliphatic heterocycles. The number of ether oxygens (including phenoxy) is 1. The summed E-state index contributed by atoms with van der Waals surface area (Å²) >= 11 is 0. The molecule has 0 radical (unpaired) electrons. The van der Waals surface area contributed by atoms with Gasteiger partial charge in [0.1, 0.15) is 6.61 Å². The first-order valence-corrected chi connectivity index (χ1v) is 5.86. The van der Waals surface area contributed by atoms with E-state index in [2.05, 4.69) is 10.2 Å². The monoisotopic (exact) mass is 212 g/mol. The van der Waals surface area contributed by atoms with E-state index in [0.29, 0.717) is 25.2 Å². The fraction of sp³-hybridized carbons (Fsp3) is 0.909. The molecule has 15 heavy (non-hydrogen) atoms. The highest BCUT2D eigenvalue weighted by Gasteiger charge is 2.28. The van der Waals surface area contributed by atoms with Crippen molar-refractivity contribution in [3.63, 3.8) is 0 Å². The second-order valence-corrected chi connectivity index (χ2v) is 4.49. The molecule has 0 unspecified atom stereocenters. The Bertz CT molecular complexity index is 225. The second-order valence-electron chi connectivity index (χ2n) is 4.49. The summed E-state index contributed by atoms with van der Waals surface area (Å²) in [5, 5.41) is 3.33. The van der Waals surface area contributed by atoms with Gasteiger partial charge in [-0.25, -0.2) is 0 Å². The fourth-order valence-corrected chi connectivity index (χ4v) is 2.61. The molecule has 0 spiro atoms. The Kier molecular flexibility index (Phi) is 3.59. The van der Waals surface area contributed by atoms with Crippen molar-refractivity contribution in [1.82, 2.24) is 10.2 Å². The number of nitrogens with zero attached hydrogens (tertiary/aromatic N) is 1. The Labute approximate surface area is 91.0 Å². The SMILES string of the molecule is CNC1CCC(N2CCOC(=O)C2)CC1. The van der Waals surface area contributed by atoms with Gasteiger partial charge in [-0.15, -0.1) is 0 Å². The zero-order valence-electron chi connectivity index (χ0n) is 9.37. The maximum absolute atomic E-state index is 11.2. The predicted octanol–water partition coefficient (Wildman–Crippen LogP) is 0.376. The molecule has 0 aromatic heterocycles. The van der Waals surface area contributed by atoms with Crippen LogP contribution in [0.5, 0.6) is 0 Å². The molecular formula is C11H20N2O2. The molecular weight excluding hydrogens is 192 g/mol. The molecule has 2 aliphatic rings. The zero-order chi connectivity index (χ0) is 10.7. The van der Waals surface area contributed by atoms with Crippen LogP contribution in [-0.4, -0.2) is 49.7 Å². The topological polar surface area (TPSA) is 41.6 Å². The molecule has 0 atom stereocenters. The van der Waals surface area contributed by atoms with Crippen LogP contribution >= 0.6 is 0 Å². The third-order valence-corrected chi connectivity index (χ3v) is 3.60. The standard InChI is InChI=1S/C11H20N2O2/c1-12-9-2-4-10(5-3-9)13-6-7-15-11(14)8-13/h9-10,12H,2-8H2,1H3. The number of hydrogen-bond donors (Lipinski definition) is 1. The lowest BCUT2D eigenvalue weighted by Crippen LogP contribution is -2.48. The first-order valence-electron chi connectivity index (χ1n) is 5.86. The summed E-state index contributed by atoms with van der Waals surface area (Å²) in [7, 11) is 2.03. The molecule has 2 rings (SSSR count). The maximum atomic E-state index is 11.2. The smallest absolute Gasteiger partial charge is 0.320 e. The van der Waals surface area contributed by atoms with E-state index in [-0.39, 0.29) is 5.97 Å². The average molecular weight is 212 g/mol. The minimum absolute atomic E-state index is 0.0583. The Hall–Kier alpha value is -0.610. The Morgan fingerprint density at radius 3 is 2.67 bits per heavy atom. The van der Waals surface area contributed by atoms with E-state index in [9.17, 15) is 4.79 Å². The van der Waals surface area contributed by atoms with Gasteiger partial charge in [0, 0.05) is 18.6 Å². The van der Waals surface area contributed by atoms with Crippen LogP contribution in [0.3, 0.4) is 0 Å². The van der Waals surface area contributed by atoms with Gasteiger partial charge in [-0.1, -0.05) is 0 Å². The number of cyclic esters (lactones) is 1. The largest absolute Gasteiger partial charge is 0.463 e. The van der Waals surface area contributed by atoms with Crippen molar-refractivity contribution in [2.45, 2.75) is 37.8 Å². The molecule has 1 saturated heterocycles. The van der Waals surface area contributed by atoms with Crippen molar-refractivity contribution in [2.75, 3.05) is 26.7 Å². The van der Waals surface area contributed by atoms with Crippen molar-refractivity contribution in [3.8, 4) is 0 Å². The van der Waals surface area contributed by atoms with Crippen molar-refractivity contribution in [2.24, 2.45) is 0 Å². The van der Waals surface area contributed by atoms with Crippen molar-refractivity contribution < 1.29 is 9.53 Å². The van der Waals surface area contributed by atoms with Crippen LogP contribution in [0.25, 0.3) is 0 Å². The fourth-order valence-electron chi connectivity index (χ4n) is 2.61. The van der Waals surface area contributed by atoms with E-state index in [1.807, 2.05) is 7.05 Å².